The molecule has 45 heavy (non-hydrogen) atoms. The number of aliphatic hydroxyl groups excluding tert-OH is 1. The van der Waals surface area contributed by atoms with Crippen molar-refractivity contribution >= 4 is 17.5 Å². The monoisotopic (exact) mass is 636 g/mol. The average molecular weight is 637 g/mol. The molecule has 0 aromatic heterocycles. The molecule has 0 bridgehead atoms. The first-order chi connectivity index (χ1) is 21.7. The van der Waals surface area contributed by atoms with Crippen LogP contribution in [0.1, 0.15) is 42.4 Å². The third-order valence-electron chi connectivity index (χ3n) is 8.30. The van der Waals surface area contributed by atoms with Crippen LogP contribution in [0.25, 0.3) is 5.57 Å². The summed E-state index contributed by atoms with van der Waals surface area (Å²) in [5.41, 5.74) is 2.48. The normalized spacial score (nSPS) is 20.2. The highest BCUT2D eigenvalue weighted by Gasteiger charge is 2.29. The van der Waals surface area contributed by atoms with Crippen LogP contribution in [0, 0.1) is 19.8 Å². The van der Waals surface area contributed by atoms with Gasteiger partial charge in [-0.25, -0.2) is 9.59 Å². The van der Waals surface area contributed by atoms with Crippen LogP contribution in [-0.2, 0) is 33.3 Å². The van der Waals surface area contributed by atoms with Crippen molar-refractivity contribution in [2.75, 3.05) is 98.7 Å². The van der Waals surface area contributed by atoms with E-state index >= 15 is 0 Å². The molecule has 1 heterocycles. The maximum Gasteiger partial charge on any atom is 0.339 e. The minimum Gasteiger partial charge on any atom is -0.511 e. The van der Waals surface area contributed by atoms with Crippen LogP contribution in [0.5, 0.6) is 0 Å². The third kappa shape index (κ3) is 13.7. The van der Waals surface area contributed by atoms with Crippen LogP contribution in [0.15, 0.2) is 24.0 Å². The summed E-state index contributed by atoms with van der Waals surface area (Å²) in [7, 11) is 0. The van der Waals surface area contributed by atoms with Gasteiger partial charge in [-0.2, -0.15) is 0 Å². The van der Waals surface area contributed by atoms with Crippen LogP contribution in [0.3, 0.4) is 0 Å². The molecular weight excluding hydrogens is 584 g/mol. The fraction of sp³-hybridized carbons (Fsp3) is 0.697. The minimum absolute atomic E-state index is 0.00752. The smallest absolute Gasteiger partial charge is 0.339 e. The molecule has 0 unspecified atom stereocenters. The summed E-state index contributed by atoms with van der Waals surface area (Å²) in [4.78, 5) is 27.2. The number of aliphatic hydroxyl groups is 1. The molecule has 1 aromatic rings. The van der Waals surface area contributed by atoms with Gasteiger partial charge in [-0.1, -0.05) is 23.8 Å². The van der Waals surface area contributed by atoms with Crippen LogP contribution in [-0.4, -0.2) is 142 Å². The van der Waals surface area contributed by atoms with Crippen molar-refractivity contribution in [3.05, 3.63) is 40.6 Å². The largest absolute Gasteiger partial charge is 0.511 e. The van der Waals surface area contributed by atoms with Gasteiger partial charge in [-0.15, -0.1) is 0 Å². The molecule has 12 nitrogen and oxygen atoms in total. The molecule has 1 saturated carbocycles. The number of ether oxygens (including phenoxy) is 5. The summed E-state index contributed by atoms with van der Waals surface area (Å²) in [6.07, 6.45) is 2.99. The predicted molar refractivity (Wildman–Crippen MR) is 169 cm³/mol. The molecule has 0 radical (unpaired) electrons. The molecule has 12 heteroatoms. The second-order valence-corrected chi connectivity index (χ2v) is 11.7. The Morgan fingerprint density at radius 2 is 1.27 bits per heavy atom. The van der Waals surface area contributed by atoms with Crippen molar-refractivity contribution < 1.29 is 48.6 Å². The number of hydrogen-bond donors (Lipinski definition) is 3. The van der Waals surface area contributed by atoms with Crippen LogP contribution in [0.4, 0.5) is 0 Å². The van der Waals surface area contributed by atoms with Crippen LogP contribution >= 0.6 is 0 Å². The molecule has 3 rings (SSSR count). The lowest BCUT2D eigenvalue weighted by Gasteiger charge is -2.34. The lowest BCUT2D eigenvalue weighted by molar-refractivity contribution is -0.142. The molecule has 0 spiro atoms. The van der Waals surface area contributed by atoms with Gasteiger partial charge in [0.05, 0.1) is 59.0 Å². The molecule has 1 aliphatic heterocycles. The number of carbonyl (C=O) groups is 2. The van der Waals surface area contributed by atoms with E-state index < -0.39 is 11.9 Å². The van der Waals surface area contributed by atoms with E-state index in [1.54, 1.807) is 6.07 Å². The number of rotatable bonds is 21. The second kappa shape index (κ2) is 20.5. The fourth-order valence-corrected chi connectivity index (χ4v) is 5.76. The van der Waals surface area contributed by atoms with E-state index in [-0.39, 0.29) is 30.0 Å². The molecule has 0 atom stereocenters. The van der Waals surface area contributed by atoms with Crippen LogP contribution in [0.2, 0.25) is 0 Å². The average Bonchev–Trinajstić information content (AvgIpc) is 3.01. The number of piperazine rings is 1. The number of carboxylic acid groups (broad SMARTS) is 2. The Hall–Kier alpha value is -2.58. The lowest BCUT2D eigenvalue weighted by Crippen LogP contribution is -2.48. The van der Waals surface area contributed by atoms with Crippen molar-refractivity contribution in [1.82, 2.24) is 9.80 Å². The summed E-state index contributed by atoms with van der Waals surface area (Å²) < 4.78 is 27.8. The van der Waals surface area contributed by atoms with E-state index in [1.807, 2.05) is 26.0 Å². The quantitative estimate of drug-likeness (QED) is 0.104. The van der Waals surface area contributed by atoms with Crippen molar-refractivity contribution in [3.8, 4) is 0 Å². The number of aliphatic carboxylic acids is 2. The maximum atomic E-state index is 12.0. The Kier molecular flexibility index (Phi) is 16.8. The van der Waals surface area contributed by atoms with Gasteiger partial charge in [0.2, 0.25) is 0 Å². The number of hydrogen-bond acceptors (Lipinski definition) is 10. The van der Waals surface area contributed by atoms with Gasteiger partial charge in [-0.3, -0.25) is 9.80 Å². The zero-order valence-electron chi connectivity index (χ0n) is 26.9. The SMILES string of the molecule is Cc1ccc(/C(C(=O)O)=C(\O)C2CCC(OCCOCCOCCN3CCN(CCOCCOCC(=O)O)CC3)CC2)c(C)c1. The molecule has 2 fully saturated rings. The summed E-state index contributed by atoms with van der Waals surface area (Å²) in [5, 5.41) is 29.3. The molecule has 254 valence electrons. The zero-order valence-corrected chi connectivity index (χ0v) is 26.9. The van der Waals surface area contributed by atoms with E-state index in [1.165, 1.54) is 0 Å². The Balaban J connectivity index is 1.16. The molecule has 1 saturated heterocycles. The van der Waals surface area contributed by atoms with Gasteiger partial charge < -0.3 is 39.0 Å². The standard InChI is InChI=1S/C33H52N2O10/c1-25-3-8-29(26(2)23-25)31(33(39)40)32(38)27-4-6-28(7-5-27)45-22-21-43-18-17-41-15-13-34-9-11-35(12-10-34)14-16-42-19-20-44-24-30(36)37/h3,8,23,27-28,38H,4-7,9-22,24H2,1-2H3,(H,36,37)(H,39,40)/b32-31+. The minimum atomic E-state index is -1.10. The van der Waals surface area contributed by atoms with Crippen molar-refractivity contribution in [2.45, 2.75) is 45.6 Å². The highest BCUT2D eigenvalue weighted by Crippen LogP contribution is 2.35. The summed E-state index contributed by atoms with van der Waals surface area (Å²) >= 11 is 0. The van der Waals surface area contributed by atoms with Crippen molar-refractivity contribution in [3.63, 3.8) is 0 Å². The Morgan fingerprint density at radius 3 is 1.80 bits per heavy atom. The number of nitrogens with zero attached hydrogens (tertiary/aromatic N) is 2. The topological polar surface area (TPSA) is 147 Å². The molecule has 0 amide bonds. The molecule has 1 aliphatic carbocycles. The van der Waals surface area contributed by atoms with Gasteiger partial charge in [0.1, 0.15) is 17.9 Å². The maximum absolute atomic E-state index is 12.0. The first-order valence-electron chi connectivity index (χ1n) is 16.1. The van der Waals surface area contributed by atoms with Gasteiger partial charge in [0.15, 0.2) is 0 Å². The van der Waals surface area contributed by atoms with Gasteiger partial charge in [-0.05, 0) is 50.7 Å². The molecule has 1 aromatic carbocycles. The molecular formula is C33H52N2O10. The van der Waals surface area contributed by atoms with Gasteiger partial charge in [0.25, 0.3) is 0 Å². The number of benzene rings is 1. The Bertz CT molecular complexity index is 1070. The Morgan fingerprint density at radius 1 is 0.733 bits per heavy atom. The van der Waals surface area contributed by atoms with E-state index in [2.05, 4.69) is 9.80 Å². The first-order valence-corrected chi connectivity index (χ1v) is 16.1. The van der Waals surface area contributed by atoms with Crippen LogP contribution < -0.4 is 0 Å². The van der Waals surface area contributed by atoms with Crippen molar-refractivity contribution in [1.29, 1.82) is 0 Å². The highest BCUT2D eigenvalue weighted by molar-refractivity contribution is 6.16. The number of aryl methyl sites for hydroxylation is 2. The molecule has 2 aliphatic rings. The van der Waals surface area contributed by atoms with Gasteiger partial charge in [0, 0.05) is 45.2 Å². The summed E-state index contributed by atoms with van der Waals surface area (Å²) in [6.45, 7) is 13.2. The van der Waals surface area contributed by atoms with E-state index in [0.29, 0.717) is 71.3 Å². The lowest BCUT2D eigenvalue weighted by atomic mass is 9.83. The zero-order chi connectivity index (χ0) is 32.4. The highest BCUT2D eigenvalue weighted by atomic mass is 16.5. The fourth-order valence-electron chi connectivity index (χ4n) is 5.76. The van der Waals surface area contributed by atoms with E-state index in [0.717, 1.165) is 63.2 Å². The van der Waals surface area contributed by atoms with Crippen molar-refractivity contribution in [2.24, 2.45) is 5.92 Å². The summed E-state index contributed by atoms with van der Waals surface area (Å²) in [6, 6.07) is 5.58. The Labute approximate surface area is 266 Å². The third-order valence-corrected chi connectivity index (χ3v) is 8.30. The summed E-state index contributed by atoms with van der Waals surface area (Å²) in [5.74, 6) is -2.28. The van der Waals surface area contributed by atoms with E-state index in [4.69, 9.17) is 28.8 Å². The predicted octanol–water partition coefficient (Wildman–Crippen LogP) is 3.00. The van der Waals surface area contributed by atoms with Gasteiger partial charge >= 0.3 is 11.9 Å². The number of carboxylic acids is 2. The second-order valence-electron chi connectivity index (χ2n) is 11.7. The first kappa shape index (κ1) is 36.9. The molecule has 3 N–H and O–H groups in total. The van der Waals surface area contributed by atoms with E-state index in [9.17, 15) is 19.8 Å². The number of allylic oxidation sites excluding steroid dienone is 1.